The minimum absolute atomic E-state index is 0.0304. The molecule has 36 heavy (non-hydrogen) atoms. The molecule has 2 aromatic carbocycles. The number of carbonyl (C=O) groups is 1. The Balaban J connectivity index is 1.68. The molecule has 1 aliphatic heterocycles. The number of amides is 1. The maximum Gasteiger partial charge on any atom is 0.416 e. The van der Waals surface area contributed by atoms with Crippen LogP contribution in [0, 0.1) is 16.7 Å². The van der Waals surface area contributed by atoms with Gasteiger partial charge in [0, 0.05) is 37.3 Å². The molecule has 0 saturated heterocycles. The molecule has 0 aromatic heterocycles. The summed E-state index contributed by atoms with van der Waals surface area (Å²) in [4.78, 5) is 16.2. The minimum Gasteiger partial charge on any atom is -0.395 e. The minimum atomic E-state index is -4.61. The molecule has 0 bridgehead atoms. The van der Waals surface area contributed by atoms with Gasteiger partial charge in [0.05, 0.1) is 25.1 Å². The van der Waals surface area contributed by atoms with E-state index in [1.165, 1.54) is 15.9 Å². The first-order valence-electron chi connectivity index (χ1n) is 11.9. The first-order valence-corrected chi connectivity index (χ1v) is 11.9. The lowest BCUT2D eigenvalue weighted by atomic mass is 9.72. The van der Waals surface area contributed by atoms with E-state index in [0.717, 1.165) is 37.2 Å². The SMILES string of the molecule is CN(C=N)C(=N)C(c1cccc(N2Cc3c(cc(CNCCO)cc3C(F)(F)F)C2=O)c1)C1CCC1. The van der Waals surface area contributed by atoms with Gasteiger partial charge in [-0.15, -0.1) is 0 Å². The molecule has 4 N–H and O–H groups in total. The molecule has 1 heterocycles. The van der Waals surface area contributed by atoms with Crippen molar-refractivity contribution in [2.45, 2.75) is 44.4 Å². The Bertz CT molecular complexity index is 1160. The molecule has 1 saturated carbocycles. The topological polar surface area (TPSA) is 104 Å². The summed E-state index contributed by atoms with van der Waals surface area (Å²) in [6.07, 6.45) is -0.544. The van der Waals surface area contributed by atoms with Crippen molar-refractivity contribution in [2.75, 3.05) is 25.1 Å². The quantitative estimate of drug-likeness (QED) is 0.233. The van der Waals surface area contributed by atoms with E-state index in [9.17, 15) is 18.0 Å². The van der Waals surface area contributed by atoms with Crippen LogP contribution in [0.1, 0.15) is 57.8 Å². The Labute approximate surface area is 207 Å². The van der Waals surface area contributed by atoms with Crippen molar-refractivity contribution >= 4 is 23.8 Å². The molecule has 1 fully saturated rings. The second-order valence-corrected chi connectivity index (χ2v) is 9.35. The van der Waals surface area contributed by atoms with Gasteiger partial charge in [0.25, 0.3) is 5.91 Å². The summed E-state index contributed by atoms with van der Waals surface area (Å²) in [5.41, 5.74) is 0.778. The summed E-state index contributed by atoms with van der Waals surface area (Å²) in [6, 6.07) is 9.68. The van der Waals surface area contributed by atoms with Crippen LogP contribution in [0.15, 0.2) is 36.4 Å². The van der Waals surface area contributed by atoms with E-state index in [2.05, 4.69) is 5.32 Å². The van der Waals surface area contributed by atoms with Gasteiger partial charge in [0.1, 0.15) is 5.84 Å². The van der Waals surface area contributed by atoms with Crippen molar-refractivity contribution in [3.63, 3.8) is 0 Å². The number of aliphatic hydroxyl groups is 1. The van der Waals surface area contributed by atoms with Crippen LogP contribution in [-0.4, -0.2) is 48.3 Å². The average Bonchev–Trinajstić information content (AvgIpc) is 3.15. The average molecular weight is 502 g/mol. The van der Waals surface area contributed by atoms with Gasteiger partial charge in [-0.3, -0.25) is 15.6 Å². The summed E-state index contributed by atoms with van der Waals surface area (Å²) < 4.78 is 41.8. The third kappa shape index (κ3) is 5.01. The Morgan fingerprint density at radius 3 is 2.67 bits per heavy atom. The van der Waals surface area contributed by atoms with Crippen molar-refractivity contribution in [2.24, 2.45) is 5.92 Å². The maximum atomic E-state index is 13.9. The summed E-state index contributed by atoms with van der Waals surface area (Å²) >= 11 is 0. The van der Waals surface area contributed by atoms with Gasteiger partial charge < -0.3 is 20.2 Å². The number of fused-ring (bicyclic) bond motifs is 1. The number of likely N-dealkylation sites (N-methyl/N-ethyl adjacent to an activating group) is 1. The lowest BCUT2D eigenvalue weighted by Crippen LogP contribution is -2.36. The number of amidine groups is 1. The highest BCUT2D eigenvalue weighted by molar-refractivity contribution is 6.10. The fourth-order valence-corrected chi connectivity index (χ4v) is 4.95. The van der Waals surface area contributed by atoms with Crippen LogP contribution in [-0.2, 0) is 19.3 Å². The third-order valence-corrected chi connectivity index (χ3v) is 7.06. The highest BCUT2D eigenvalue weighted by atomic mass is 19.4. The second-order valence-electron chi connectivity index (χ2n) is 9.35. The summed E-state index contributed by atoms with van der Waals surface area (Å²) in [5.74, 6) is -0.237. The number of nitrogens with one attached hydrogen (secondary N) is 3. The van der Waals surface area contributed by atoms with Crippen LogP contribution >= 0.6 is 0 Å². The van der Waals surface area contributed by atoms with Gasteiger partial charge in [-0.25, -0.2) is 0 Å². The Morgan fingerprint density at radius 1 is 1.31 bits per heavy atom. The van der Waals surface area contributed by atoms with Gasteiger partial charge in [0.2, 0.25) is 0 Å². The lowest BCUT2D eigenvalue weighted by Gasteiger charge is -2.36. The van der Waals surface area contributed by atoms with Crippen molar-refractivity contribution in [3.05, 3.63) is 64.2 Å². The lowest BCUT2D eigenvalue weighted by molar-refractivity contribution is -0.138. The molecule has 1 atom stereocenters. The van der Waals surface area contributed by atoms with E-state index in [-0.39, 0.29) is 55.0 Å². The summed E-state index contributed by atoms with van der Waals surface area (Å²) in [6.45, 7) is -0.00116. The number of hydrogen-bond donors (Lipinski definition) is 4. The maximum absolute atomic E-state index is 13.9. The predicted molar refractivity (Wildman–Crippen MR) is 132 cm³/mol. The largest absolute Gasteiger partial charge is 0.416 e. The number of alkyl halides is 3. The van der Waals surface area contributed by atoms with Gasteiger partial charge in [-0.1, -0.05) is 18.6 Å². The predicted octanol–water partition coefficient (Wildman–Crippen LogP) is 4.35. The molecule has 1 unspecified atom stereocenters. The van der Waals surface area contributed by atoms with E-state index >= 15 is 0 Å². The zero-order valence-electron chi connectivity index (χ0n) is 20.0. The number of anilines is 1. The summed E-state index contributed by atoms with van der Waals surface area (Å²) in [7, 11) is 1.65. The number of nitrogens with zero attached hydrogens (tertiary/aromatic N) is 2. The zero-order valence-corrected chi connectivity index (χ0v) is 20.0. The zero-order chi connectivity index (χ0) is 26.0. The molecule has 0 radical (unpaired) electrons. The van der Waals surface area contributed by atoms with Gasteiger partial charge in [-0.05, 0) is 59.7 Å². The van der Waals surface area contributed by atoms with Crippen molar-refractivity contribution in [1.29, 1.82) is 10.8 Å². The molecule has 2 aliphatic rings. The molecule has 1 aliphatic carbocycles. The number of hydrogen-bond acceptors (Lipinski definition) is 5. The van der Waals surface area contributed by atoms with Crippen molar-refractivity contribution in [3.8, 4) is 0 Å². The Kier molecular flexibility index (Phi) is 7.46. The highest BCUT2D eigenvalue weighted by Gasteiger charge is 2.41. The molecular formula is C26H30F3N5O2. The van der Waals surface area contributed by atoms with Crippen LogP contribution in [0.25, 0.3) is 0 Å². The van der Waals surface area contributed by atoms with E-state index < -0.39 is 17.6 Å². The van der Waals surface area contributed by atoms with Crippen LogP contribution in [0.2, 0.25) is 0 Å². The summed E-state index contributed by atoms with van der Waals surface area (Å²) in [5, 5.41) is 28.0. The standard InChI is InChI=1S/C26H30F3N5O2/c1-33(15-30)24(31)23(17-4-2-5-17)18-6-3-7-19(12-18)34-14-21-20(25(34)36)10-16(13-32-8-9-35)11-22(21)26(27,28)29/h3,6-7,10-12,15,17,23,30-32,35H,2,4-5,8-9,13-14H2,1H3. The number of carbonyl (C=O) groups excluding carboxylic acids is 1. The van der Waals surface area contributed by atoms with Crippen molar-refractivity contribution < 1.29 is 23.1 Å². The molecule has 1 amide bonds. The molecule has 192 valence electrons. The van der Waals surface area contributed by atoms with E-state index in [0.29, 0.717) is 11.3 Å². The fraction of sp³-hybridized carbons (Fsp3) is 0.423. The Hall–Kier alpha value is -3.24. The third-order valence-electron chi connectivity index (χ3n) is 7.06. The van der Waals surface area contributed by atoms with Crippen LogP contribution in [0.5, 0.6) is 0 Å². The number of aliphatic hydroxyl groups excluding tert-OH is 1. The first-order chi connectivity index (χ1) is 17.2. The van der Waals surface area contributed by atoms with Crippen LogP contribution < -0.4 is 10.2 Å². The molecule has 10 heteroatoms. The number of rotatable bonds is 9. The van der Waals surface area contributed by atoms with Gasteiger partial charge in [0.15, 0.2) is 0 Å². The molecule has 7 nitrogen and oxygen atoms in total. The van der Waals surface area contributed by atoms with Gasteiger partial charge >= 0.3 is 6.18 Å². The molecule has 0 spiro atoms. The van der Waals surface area contributed by atoms with Crippen LogP contribution in [0.3, 0.4) is 0 Å². The number of halogens is 3. The fourth-order valence-electron chi connectivity index (χ4n) is 4.95. The first kappa shape index (κ1) is 25.8. The highest BCUT2D eigenvalue weighted by Crippen LogP contribution is 2.43. The molecular weight excluding hydrogens is 471 g/mol. The van der Waals surface area contributed by atoms with E-state index in [4.69, 9.17) is 15.9 Å². The second kappa shape index (κ2) is 10.4. The monoisotopic (exact) mass is 501 g/mol. The Morgan fingerprint density at radius 2 is 2.06 bits per heavy atom. The van der Waals surface area contributed by atoms with E-state index in [1.807, 2.05) is 6.07 Å². The smallest absolute Gasteiger partial charge is 0.395 e. The molecule has 4 rings (SSSR count). The number of benzene rings is 2. The van der Waals surface area contributed by atoms with Gasteiger partial charge in [-0.2, -0.15) is 13.2 Å². The van der Waals surface area contributed by atoms with Crippen LogP contribution in [0.4, 0.5) is 18.9 Å². The van der Waals surface area contributed by atoms with E-state index in [1.54, 1.807) is 25.2 Å². The normalized spacial score (nSPS) is 16.5. The molecule has 2 aromatic rings. The van der Waals surface area contributed by atoms with Crippen molar-refractivity contribution in [1.82, 2.24) is 10.2 Å².